The number of benzene rings is 1. The van der Waals surface area contributed by atoms with Crippen LogP contribution in [0.3, 0.4) is 0 Å². The topological polar surface area (TPSA) is 50.7 Å². The molecule has 0 radical (unpaired) electrons. The summed E-state index contributed by atoms with van der Waals surface area (Å²) < 4.78 is 5.21. The minimum absolute atomic E-state index is 0.150. The van der Waals surface area contributed by atoms with Crippen molar-refractivity contribution in [1.82, 2.24) is 5.43 Å². The average Bonchev–Trinajstić information content (AvgIpc) is 2.28. The number of carbonyl (C=O) groups excluding carboxylic acids is 1. The first-order valence-corrected chi connectivity index (χ1v) is 5.77. The van der Waals surface area contributed by atoms with Gasteiger partial charge in [-0.1, -0.05) is 30.1 Å². The first kappa shape index (κ1) is 13.8. The molecule has 1 N–H and O–H groups in total. The zero-order valence-electron chi connectivity index (χ0n) is 9.24. The Labute approximate surface area is 110 Å². The van der Waals surface area contributed by atoms with Crippen molar-refractivity contribution in [1.29, 1.82) is 0 Å². The highest BCUT2D eigenvalue weighted by Crippen LogP contribution is 2.27. The number of amides is 1. The van der Waals surface area contributed by atoms with Gasteiger partial charge < -0.3 is 4.74 Å². The van der Waals surface area contributed by atoms with E-state index in [-0.39, 0.29) is 12.5 Å². The number of rotatable bonds is 5. The molecule has 0 atom stereocenters. The summed E-state index contributed by atoms with van der Waals surface area (Å²) in [6.07, 6.45) is 2.34. The number of hydrazone groups is 1. The van der Waals surface area contributed by atoms with Crippen molar-refractivity contribution in [3.63, 3.8) is 0 Å². The lowest BCUT2D eigenvalue weighted by Gasteiger charge is -2.06. The second kappa shape index (κ2) is 7.14. The van der Waals surface area contributed by atoms with E-state index in [1.54, 1.807) is 24.4 Å². The van der Waals surface area contributed by atoms with Crippen LogP contribution in [0, 0.1) is 0 Å². The number of nitrogens with zero attached hydrogens (tertiary/aromatic N) is 1. The summed E-state index contributed by atoms with van der Waals surface area (Å²) in [5.74, 6) is 0.0615. The highest BCUT2D eigenvalue weighted by atomic mass is 35.5. The minimum Gasteiger partial charge on any atom is -0.482 e. The van der Waals surface area contributed by atoms with Crippen molar-refractivity contribution in [3.05, 3.63) is 28.2 Å². The third-order valence-electron chi connectivity index (χ3n) is 1.72. The van der Waals surface area contributed by atoms with Gasteiger partial charge in [0.1, 0.15) is 5.75 Å². The quantitative estimate of drug-likeness (QED) is 0.663. The lowest BCUT2D eigenvalue weighted by molar-refractivity contribution is -0.123. The number of hydrogen-bond acceptors (Lipinski definition) is 3. The van der Waals surface area contributed by atoms with Crippen LogP contribution in [0.4, 0.5) is 0 Å². The predicted octanol–water partition coefficient (Wildman–Crippen LogP) is 2.88. The van der Waals surface area contributed by atoms with Gasteiger partial charge in [-0.2, -0.15) is 5.10 Å². The van der Waals surface area contributed by atoms with Gasteiger partial charge in [-0.05, 0) is 24.6 Å². The number of ether oxygens (including phenoxy) is 1. The van der Waals surface area contributed by atoms with Gasteiger partial charge in [-0.3, -0.25) is 4.79 Å². The highest BCUT2D eigenvalue weighted by molar-refractivity contribution is 6.35. The molecule has 6 heteroatoms. The van der Waals surface area contributed by atoms with Crippen LogP contribution in [-0.2, 0) is 4.79 Å². The predicted molar refractivity (Wildman–Crippen MR) is 68.9 cm³/mol. The SMILES string of the molecule is CCC=NNC(=O)COc1ccc(Cl)cc1Cl. The van der Waals surface area contributed by atoms with Crippen molar-refractivity contribution in [2.75, 3.05) is 6.61 Å². The molecule has 0 saturated carbocycles. The maximum Gasteiger partial charge on any atom is 0.277 e. The molecular weight excluding hydrogens is 263 g/mol. The van der Waals surface area contributed by atoms with Crippen LogP contribution >= 0.6 is 23.2 Å². The van der Waals surface area contributed by atoms with Gasteiger partial charge in [-0.25, -0.2) is 5.43 Å². The van der Waals surface area contributed by atoms with Crippen LogP contribution in [0.5, 0.6) is 5.75 Å². The lowest BCUT2D eigenvalue weighted by Crippen LogP contribution is -2.24. The van der Waals surface area contributed by atoms with Crippen LogP contribution < -0.4 is 10.2 Å². The maximum atomic E-state index is 11.3. The molecule has 1 aromatic carbocycles. The number of nitrogens with one attached hydrogen (secondary N) is 1. The van der Waals surface area contributed by atoms with E-state index in [0.29, 0.717) is 15.8 Å². The zero-order valence-corrected chi connectivity index (χ0v) is 10.8. The van der Waals surface area contributed by atoms with E-state index in [1.807, 2.05) is 6.92 Å². The summed E-state index contributed by atoms with van der Waals surface area (Å²) in [7, 11) is 0. The van der Waals surface area contributed by atoms with E-state index in [0.717, 1.165) is 6.42 Å². The van der Waals surface area contributed by atoms with Crippen LogP contribution in [0.15, 0.2) is 23.3 Å². The molecule has 0 bridgehead atoms. The molecule has 0 aromatic heterocycles. The Balaban J connectivity index is 2.44. The number of carbonyl (C=O) groups is 1. The van der Waals surface area contributed by atoms with Gasteiger partial charge in [0, 0.05) is 11.2 Å². The summed E-state index contributed by atoms with van der Waals surface area (Å²) in [6.45, 7) is 1.77. The van der Waals surface area contributed by atoms with Crippen molar-refractivity contribution < 1.29 is 9.53 Å². The Hall–Kier alpha value is -1.26. The molecule has 4 nitrogen and oxygen atoms in total. The van der Waals surface area contributed by atoms with Crippen LogP contribution in [-0.4, -0.2) is 18.7 Å². The second-order valence-electron chi connectivity index (χ2n) is 3.12. The average molecular weight is 275 g/mol. The molecule has 0 unspecified atom stereocenters. The molecule has 0 aliphatic carbocycles. The molecule has 0 fully saturated rings. The van der Waals surface area contributed by atoms with Gasteiger partial charge >= 0.3 is 0 Å². The van der Waals surface area contributed by atoms with Crippen LogP contribution in [0.2, 0.25) is 10.0 Å². The fraction of sp³-hybridized carbons (Fsp3) is 0.273. The lowest BCUT2D eigenvalue weighted by atomic mass is 10.3. The molecule has 17 heavy (non-hydrogen) atoms. The van der Waals surface area contributed by atoms with Crippen LogP contribution in [0.1, 0.15) is 13.3 Å². The third-order valence-corrected chi connectivity index (χ3v) is 2.25. The van der Waals surface area contributed by atoms with Crippen molar-refractivity contribution >= 4 is 35.3 Å². The standard InChI is InChI=1S/C11H12Cl2N2O2/c1-2-5-14-15-11(16)7-17-10-4-3-8(12)6-9(10)13/h3-6H,2,7H2,1H3,(H,15,16). The van der Waals surface area contributed by atoms with E-state index in [2.05, 4.69) is 10.5 Å². The molecule has 0 spiro atoms. The molecular formula is C11H12Cl2N2O2. The summed E-state index contributed by atoms with van der Waals surface area (Å²) in [5, 5.41) is 4.56. The molecule has 0 aliphatic rings. The molecule has 92 valence electrons. The van der Waals surface area contributed by atoms with Gasteiger partial charge in [0.05, 0.1) is 5.02 Å². The zero-order chi connectivity index (χ0) is 12.7. The van der Waals surface area contributed by atoms with E-state index < -0.39 is 0 Å². The fourth-order valence-electron chi connectivity index (χ4n) is 0.977. The largest absolute Gasteiger partial charge is 0.482 e. The Bertz CT molecular complexity index is 422. The van der Waals surface area contributed by atoms with Crippen molar-refractivity contribution in [2.24, 2.45) is 5.10 Å². The Morgan fingerprint density at radius 3 is 2.94 bits per heavy atom. The van der Waals surface area contributed by atoms with Crippen molar-refractivity contribution in [3.8, 4) is 5.75 Å². The molecule has 1 rings (SSSR count). The third kappa shape index (κ3) is 5.06. The normalized spacial score (nSPS) is 10.5. The maximum absolute atomic E-state index is 11.3. The number of hydrogen-bond donors (Lipinski definition) is 1. The van der Waals surface area contributed by atoms with Gasteiger partial charge in [-0.15, -0.1) is 0 Å². The Morgan fingerprint density at radius 1 is 1.53 bits per heavy atom. The Morgan fingerprint density at radius 2 is 2.29 bits per heavy atom. The smallest absolute Gasteiger partial charge is 0.277 e. The summed E-state index contributed by atoms with van der Waals surface area (Å²) in [5.41, 5.74) is 2.32. The summed E-state index contributed by atoms with van der Waals surface area (Å²) in [4.78, 5) is 11.3. The van der Waals surface area contributed by atoms with Gasteiger partial charge in [0.15, 0.2) is 6.61 Å². The number of halogens is 2. The first-order chi connectivity index (χ1) is 8.13. The molecule has 0 saturated heterocycles. The van der Waals surface area contributed by atoms with Gasteiger partial charge in [0.2, 0.25) is 0 Å². The first-order valence-electron chi connectivity index (χ1n) is 5.01. The fourth-order valence-corrected chi connectivity index (χ4v) is 1.44. The minimum atomic E-state index is -0.347. The van der Waals surface area contributed by atoms with Gasteiger partial charge in [0.25, 0.3) is 5.91 Å². The van der Waals surface area contributed by atoms with E-state index in [4.69, 9.17) is 27.9 Å². The molecule has 1 amide bonds. The summed E-state index contributed by atoms with van der Waals surface area (Å²) in [6, 6.07) is 4.79. The molecule has 0 aliphatic heterocycles. The highest BCUT2D eigenvalue weighted by Gasteiger charge is 2.05. The molecule has 0 heterocycles. The Kier molecular flexibility index (Phi) is 5.80. The summed E-state index contributed by atoms with van der Waals surface area (Å²) >= 11 is 11.6. The van der Waals surface area contributed by atoms with Crippen molar-refractivity contribution in [2.45, 2.75) is 13.3 Å². The second-order valence-corrected chi connectivity index (χ2v) is 3.96. The van der Waals surface area contributed by atoms with E-state index in [9.17, 15) is 4.79 Å². The van der Waals surface area contributed by atoms with E-state index >= 15 is 0 Å². The molecule has 1 aromatic rings. The van der Waals surface area contributed by atoms with E-state index in [1.165, 1.54) is 0 Å². The monoisotopic (exact) mass is 274 g/mol. The van der Waals surface area contributed by atoms with Crippen LogP contribution in [0.25, 0.3) is 0 Å².